The van der Waals surface area contributed by atoms with Gasteiger partial charge in [-0.3, -0.25) is 14.3 Å². The molecule has 2 amide bonds. The van der Waals surface area contributed by atoms with Gasteiger partial charge < -0.3 is 10.6 Å². The zero-order valence-corrected chi connectivity index (χ0v) is 23.0. The standard InChI is InChI=1S/C28H30F4N8O2/c1-3-21(16-5-7-19(29)8-6-16)24(37-26(42)23-9-10-35-39(23)4-2)22-15-40-27(36-22)34-14-20(38-40)12-17-11-18(28(30,31)32)13-33-25(17)41/h5-10,14-15,17-18,21,24H,3-4,11-13H2,1-2H3,(H,33,41)(H,37,42)/t17-,18-,21+,24+/m1/s1. The third-order valence-corrected chi connectivity index (χ3v) is 7.63. The fraction of sp³-hybridized carbons (Fsp3) is 0.429. The Labute approximate surface area is 238 Å². The first-order valence-electron chi connectivity index (χ1n) is 13.7. The van der Waals surface area contributed by atoms with Crippen molar-refractivity contribution in [3.05, 3.63) is 77.4 Å². The lowest BCUT2D eigenvalue weighted by molar-refractivity contribution is -0.183. The second-order valence-electron chi connectivity index (χ2n) is 10.3. The number of fused-ring (bicyclic) bond motifs is 1. The van der Waals surface area contributed by atoms with E-state index in [-0.39, 0.29) is 36.3 Å². The molecule has 1 fully saturated rings. The highest BCUT2D eigenvalue weighted by atomic mass is 19.4. The maximum atomic E-state index is 13.7. The molecule has 0 saturated carbocycles. The molecule has 1 saturated heterocycles. The van der Waals surface area contributed by atoms with Crippen molar-refractivity contribution in [2.45, 2.75) is 57.8 Å². The number of amides is 2. The summed E-state index contributed by atoms with van der Waals surface area (Å²) in [5, 5.41) is 14.0. The predicted octanol–water partition coefficient (Wildman–Crippen LogP) is 4.00. The van der Waals surface area contributed by atoms with Crippen LogP contribution in [-0.4, -0.2) is 53.9 Å². The van der Waals surface area contributed by atoms with E-state index in [1.54, 1.807) is 29.1 Å². The van der Waals surface area contributed by atoms with Gasteiger partial charge in [0.15, 0.2) is 0 Å². The molecule has 42 heavy (non-hydrogen) atoms. The molecule has 4 atom stereocenters. The number of imidazole rings is 1. The first kappa shape index (κ1) is 29.1. The highest BCUT2D eigenvalue weighted by Gasteiger charge is 2.44. The van der Waals surface area contributed by atoms with Gasteiger partial charge in [0, 0.05) is 37.5 Å². The van der Waals surface area contributed by atoms with Gasteiger partial charge in [-0.15, -0.1) is 0 Å². The van der Waals surface area contributed by atoms with Crippen LogP contribution in [0.3, 0.4) is 0 Å². The van der Waals surface area contributed by atoms with Crippen molar-refractivity contribution in [2.75, 3.05) is 6.54 Å². The van der Waals surface area contributed by atoms with Crippen LogP contribution < -0.4 is 10.6 Å². The molecule has 1 aliphatic rings. The quantitative estimate of drug-likeness (QED) is 0.286. The Balaban J connectivity index is 1.46. The van der Waals surface area contributed by atoms with Gasteiger partial charge in [0.1, 0.15) is 11.5 Å². The zero-order chi connectivity index (χ0) is 30.0. The predicted molar refractivity (Wildman–Crippen MR) is 143 cm³/mol. The van der Waals surface area contributed by atoms with Gasteiger partial charge in [-0.2, -0.15) is 23.4 Å². The molecule has 1 aromatic carbocycles. The second-order valence-corrected chi connectivity index (χ2v) is 10.3. The van der Waals surface area contributed by atoms with Crippen molar-refractivity contribution in [2.24, 2.45) is 11.8 Å². The maximum absolute atomic E-state index is 13.7. The molecule has 4 heterocycles. The molecule has 10 nitrogen and oxygen atoms in total. The minimum absolute atomic E-state index is 0.0246. The van der Waals surface area contributed by atoms with Gasteiger partial charge in [0.25, 0.3) is 11.7 Å². The smallest absolute Gasteiger partial charge is 0.355 e. The lowest BCUT2D eigenvalue weighted by Crippen LogP contribution is -2.47. The number of aryl methyl sites for hydroxylation is 1. The normalized spacial score (nSPS) is 19.0. The van der Waals surface area contributed by atoms with Crippen molar-refractivity contribution >= 4 is 17.6 Å². The molecule has 0 radical (unpaired) electrons. The Bertz CT molecular complexity index is 1570. The highest BCUT2D eigenvalue weighted by Crippen LogP contribution is 2.35. The van der Waals surface area contributed by atoms with E-state index in [2.05, 4.69) is 30.8 Å². The van der Waals surface area contributed by atoms with Crippen LogP contribution in [0.2, 0.25) is 0 Å². The number of hydrogen-bond donors (Lipinski definition) is 2. The van der Waals surface area contributed by atoms with Crippen molar-refractivity contribution in [3.8, 4) is 0 Å². The van der Waals surface area contributed by atoms with Crippen molar-refractivity contribution in [1.82, 2.24) is 40.0 Å². The van der Waals surface area contributed by atoms with E-state index in [9.17, 15) is 27.2 Å². The van der Waals surface area contributed by atoms with Crippen LogP contribution in [0.25, 0.3) is 5.78 Å². The molecule has 3 aromatic heterocycles. The van der Waals surface area contributed by atoms with Gasteiger partial charge in [0.05, 0.1) is 35.7 Å². The maximum Gasteiger partial charge on any atom is 0.393 e. The van der Waals surface area contributed by atoms with Gasteiger partial charge in [0.2, 0.25) is 5.91 Å². The molecular formula is C28H30F4N8O2. The highest BCUT2D eigenvalue weighted by molar-refractivity contribution is 5.92. The fourth-order valence-electron chi connectivity index (χ4n) is 5.41. The molecule has 222 valence electrons. The van der Waals surface area contributed by atoms with E-state index >= 15 is 0 Å². The van der Waals surface area contributed by atoms with Gasteiger partial charge >= 0.3 is 6.18 Å². The molecule has 5 rings (SSSR count). The molecular weight excluding hydrogens is 556 g/mol. The summed E-state index contributed by atoms with van der Waals surface area (Å²) in [6, 6.07) is 6.97. The fourth-order valence-corrected chi connectivity index (χ4v) is 5.41. The average molecular weight is 587 g/mol. The Morgan fingerprint density at radius 1 is 1.19 bits per heavy atom. The van der Waals surface area contributed by atoms with E-state index in [4.69, 9.17) is 0 Å². The van der Waals surface area contributed by atoms with Crippen LogP contribution in [0.15, 0.2) is 48.9 Å². The largest absolute Gasteiger partial charge is 0.393 e. The van der Waals surface area contributed by atoms with E-state index in [0.717, 1.165) is 5.56 Å². The summed E-state index contributed by atoms with van der Waals surface area (Å²) in [5.41, 5.74) is 1.91. The Kier molecular flexibility index (Phi) is 8.23. The number of nitrogens with zero attached hydrogens (tertiary/aromatic N) is 6. The third-order valence-electron chi connectivity index (χ3n) is 7.63. The lowest BCUT2D eigenvalue weighted by Gasteiger charge is -2.30. The van der Waals surface area contributed by atoms with Crippen LogP contribution in [0.5, 0.6) is 0 Å². The van der Waals surface area contributed by atoms with E-state index in [0.29, 0.717) is 30.0 Å². The number of nitrogens with one attached hydrogen (secondary N) is 2. The summed E-state index contributed by atoms with van der Waals surface area (Å²) in [4.78, 5) is 34.6. The summed E-state index contributed by atoms with van der Waals surface area (Å²) in [6.07, 6.45) is 0.331. The zero-order valence-electron chi connectivity index (χ0n) is 23.0. The van der Waals surface area contributed by atoms with Crippen LogP contribution in [0.4, 0.5) is 17.6 Å². The second kappa shape index (κ2) is 11.9. The number of benzene rings is 1. The number of rotatable bonds is 9. The molecule has 0 bridgehead atoms. The summed E-state index contributed by atoms with van der Waals surface area (Å²) in [6.45, 7) is 3.86. The number of carbonyl (C=O) groups excluding carboxylic acids is 2. The van der Waals surface area contributed by atoms with Gasteiger partial charge in [-0.25, -0.2) is 18.9 Å². The van der Waals surface area contributed by atoms with Crippen LogP contribution >= 0.6 is 0 Å². The molecule has 1 aliphatic heterocycles. The van der Waals surface area contributed by atoms with Crippen molar-refractivity contribution < 1.29 is 27.2 Å². The Morgan fingerprint density at radius 3 is 2.64 bits per heavy atom. The Hall–Kier alpha value is -4.36. The Morgan fingerprint density at radius 2 is 1.95 bits per heavy atom. The number of carbonyl (C=O) groups is 2. The van der Waals surface area contributed by atoms with E-state index in [1.807, 2.05) is 13.8 Å². The van der Waals surface area contributed by atoms with Crippen LogP contribution in [-0.2, 0) is 17.8 Å². The van der Waals surface area contributed by atoms with Gasteiger partial charge in [-0.05, 0) is 43.5 Å². The van der Waals surface area contributed by atoms with Crippen molar-refractivity contribution in [3.63, 3.8) is 0 Å². The molecule has 4 aromatic rings. The first-order chi connectivity index (χ1) is 20.1. The lowest BCUT2D eigenvalue weighted by atomic mass is 9.86. The number of halogens is 4. The number of hydrogen-bond acceptors (Lipinski definition) is 6. The average Bonchev–Trinajstić information content (AvgIpc) is 3.61. The van der Waals surface area contributed by atoms with Crippen molar-refractivity contribution in [1.29, 1.82) is 0 Å². The van der Waals surface area contributed by atoms with Crippen LogP contribution in [0, 0.1) is 17.7 Å². The summed E-state index contributed by atoms with van der Waals surface area (Å²) in [5.74, 6) is -3.84. The summed E-state index contributed by atoms with van der Waals surface area (Å²) in [7, 11) is 0. The molecule has 14 heteroatoms. The number of aromatic nitrogens is 6. The first-order valence-corrected chi connectivity index (χ1v) is 13.7. The SMILES string of the molecule is CC[C@@H](c1ccc(F)cc1)[C@H](NC(=O)c1ccnn1CC)c1cn2nc(C[C@H]3C[C@@H](C(F)(F)F)CNC3=O)cnc2n1. The molecule has 0 unspecified atom stereocenters. The number of piperidine rings is 1. The van der Waals surface area contributed by atoms with E-state index < -0.39 is 36.5 Å². The summed E-state index contributed by atoms with van der Waals surface area (Å²) >= 11 is 0. The topological polar surface area (TPSA) is 119 Å². The minimum atomic E-state index is -4.41. The minimum Gasteiger partial charge on any atom is -0.355 e. The number of alkyl halides is 3. The molecule has 0 aliphatic carbocycles. The molecule has 2 N–H and O–H groups in total. The monoisotopic (exact) mass is 586 g/mol. The molecule has 0 spiro atoms. The summed E-state index contributed by atoms with van der Waals surface area (Å²) < 4.78 is 56.5. The third kappa shape index (κ3) is 6.11. The van der Waals surface area contributed by atoms with E-state index in [1.165, 1.54) is 29.0 Å². The van der Waals surface area contributed by atoms with Gasteiger partial charge in [-0.1, -0.05) is 19.1 Å². The van der Waals surface area contributed by atoms with Crippen LogP contribution in [0.1, 0.15) is 66.1 Å².